The van der Waals surface area contributed by atoms with Gasteiger partial charge in [-0.25, -0.2) is 0 Å². The molecule has 0 amide bonds. The van der Waals surface area contributed by atoms with Crippen LogP contribution in [0.3, 0.4) is 0 Å². The molecule has 0 aliphatic carbocycles. The topological polar surface area (TPSA) is 0 Å². The van der Waals surface area contributed by atoms with Crippen LogP contribution in [0.15, 0.2) is 71.6 Å². The van der Waals surface area contributed by atoms with Crippen LogP contribution in [0.25, 0.3) is 10.8 Å². The minimum Gasteiger partial charge on any atom is -0.126 e. The van der Waals surface area contributed by atoms with Gasteiger partial charge in [0.15, 0.2) is 0 Å². The maximum atomic E-state index is 2.37. The molecule has 4 rings (SSSR count). The summed E-state index contributed by atoms with van der Waals surface area (Å²) in [7, 11) is 0. The second kappa shape index (κ2) is 4.99. The molecular weight excluding hydrogens is 260 g/mol. The van der Waals surface area contributed by atoms with E-state index in [2.05, 4.69) is 66.7 Å². The number of fused-ring (bicyclic) bond motifs is 2. The van der Waals surface area contributed by atoms with Gasteiger partial charge in [-0.3, -0.25) is 0 Å². The van der Waals surface area contributed by atoms with E-state index in [1.807, 2.05) is 11.8 Å². The fraction of sp³-hybridized carbons (Fsp3) is 0.158. The van der Waals surface area contributed by atoms with E-state index in [1.54, 1.807) is 0 Å². The van der Waals surface area contributed by atoms with Gasteiger partial charge in [-0.1, -0.05) is 60.7 Å². The van der Waals surface area contributed by atoms with E-state index < -0.39 is 0 Å². The van der Waals surface area contributed by atoms with Crippen molar-refractivity contribution in [3.8, 4) is 0 Å². The Morgan fingerprint density at radius 1 is 0.800 bits per heavy atom. The summed E-state index contributed by atoms with van der Waals surface area (Å²) >= 11 is 1.99. The smallest absolute Gasteiger partial charge is 0.0110 e. The first kappa shape index (κ1) is 12.0. The summed E-state index contributed by atoms with van der Waals surface area (Å²) in [6.07, 6.45) is 1.24. The summed E-state index contributed by atoms with van der Waals surface area (Å²) < 4.78 is 0. The molecule has 1 aliphatic heterocycles. The third-order valence-electron chi connectivity index (χ3n) is 4.13. The Morgan fingerprint density at radius 3 is 2.55 bits per heavy atom. The van der Waals surface area contributed by atoms with Gasteiger partial charge in [-0.05, 0) is 40.1 Å². The molecule has 3 aromatic carbocycles. The highest BCUT2D eigenvalue weighted by Gasteiger charge is 2.21. The van der Waals surface area contributed by atoms with Crippen LogP contribution in [0.2, 0.25) is 0 Å². The molecule has 0 saturated carbocycles. The van der Waals surface area contributed by atoms with Crippen molar-refractivity contribution < 1.29 is 0 Å². The first-order valence-corrected chi connectivity index (χ1v) is 8.11. The van der Waals surface area contributed by atoms with E-state index in [0.717, 1.165) is 0 Å². The Labute approximate surface area is 123 Å². The Hall–Kier alpha value is -1.73. The van der Waals surface area contributed by atoms with Crippen molar-refractivity contribution in [3.63, 3.8) is 0 Å². The second-order valence-corrected chi connectivity index (χ2v) is 6.47. The van der Waals surface area contributed by atoms with Crippen LogP contribution in [-0.2, 0) is 0 Å². The zero-order valence-corrected chi connectivity index (χ0v) is 12.1. The summed E-state index contributed by atoms with van der Waals surface area (Å²) in [4.78, 5) is 1.46. The predicted molar refractivity (Wildman–Crippen MR) is 87.6 cm³/mol. The molecule has 0 spiro atoms. The highest BCUT2D eigenvalue weighted by molar-refractivity contribution is 7.99. The monoisotopic (exact) mass is 276 g/mol. The van der Waals surface area contributed by atoms with Crippen LogP contribution in [0.5, 0.6) is 0 Å². The molecule has 0 N–H and O–H groups in total. The molecule has 1 heteroatoms. The van der Waals surface area contributed by atoms with Crippen molar-refractivity contribution in [2.45, 2.75) is 17.2 Å². The van der Waals surface area contributed by atoms with Crippen LogP contribution in [0.1, 0.15) is 23.5 Å². The third-order valence-corrected chi connectivity index (χ3v) is 5.26. The summed E-state index contributed by atoms with van der Waals surface area (Å²) in [6.45, 7) is 0. The van der Waals surface area contributed by atoms with Gasteiger partial charge >= 0.3 is 0 Å². The molecule has 1 unspecified atom stereocenters. The Kier molecular flexibility index (Phi) is 3.00. The quantitative estimate of drug-likeness (QED) is 0.568. The molecule has 1 aliphatic rings. The van der Waals surface area contributed by atoms with Gasteiger partial charge < -0.3 is 0 Å². The lowest BCUT2D eigenvalue weighted by molar-refractivity contribution is 0.756. The van der Waals surface area contributed by atoms with E-state index in [9.17, 15) is 0 Å². The van der Waals surface area contributed by atoms with Gasteiger partial charge in [0.25, 0.3) is 0 Å². The highest BCUT2D eigenvalue weighted by atomic mass is 32.2. The molecule has 0 aromatic heterocycles. The fourth-order valence-electron chi connectivity index (χ4n) is 3.11. The zero-order chi connectivity index (χ0) is 13.4. The lowest BCUT2D eigenvalue weighted by Gasteiger charge is -2.25. The Bertz CT molecular complexity index is 760. The van der Waals surface area contributed by atoms with E-state index in [0.29, 0.717) is 5.92 Å². The maximum absolute atomic E-state index is 2.37. The molecule has 0 radical (unpaired) electrons. The molecule has 98 valence electrons. The fourth-order valence-corrected chi connectivity index (χ4v) is 4.24. The molecule has 0 nitrogen and oxygen atoms in total. The van der Waals surface area contributed by atoms with Crippen LogP contribution >= 0.6 is 11.8 Å². The van der Waals surface area contributed by atoms with Crippen molar-refractivity contribution in [2.75, 3.05) is 5.75 Å². The maximum Gasteiger partial charge on any atom is 0.0110 e. The number of hydrogen-bond donors (Lipinski definition) is 0. The van der Waals surface area contributed by atoms with E-state index in [1.165, 1.54) is 39.0 Å². The van der Waals surface area contributed by atoms with E-state index in [-0.39, 0.29) is 0 Å². The number of benzene rings is 3. The van der Waals surface area contributed by atoms with Crippen LogP contribution in [0.4, 0.5) is 0 Å². The summed E-state index contributed by atoms with van der Waals surface area (Å²) in [6, 6.07) is 24.4. The summed E-state index contributed by atoms with van der Waals surface area (Å²) in [5.74, 6) is 1.77. The van der Waals surface area contributed by atoms with Crippen molar-refractivity contribution in [1.29, 1.82) is 0 Å². The molecule has 20 heavy (non-hydrogen) atoms. The van der Waals surface area contributed by atoms with Gasteiger partial charge in [0.1, 0.15) is 0 Å². The number of thioether (sulfide) groups is 1. The SMILES string of the molecule is c1ccc2c(c1)SCCC2c1ccc2ccccc2c1. The van der Waals surface area contributed by atoms with Gasteiger partial charge in [-0.15, -0.1) is 11.8 Å². The largest absolute Gasteiger partial charge is 0.126 e. The van der Waals surface area contributed by atoms with Gasteiger partial charge in [0.05, 0.1) is 0 Å². The number of rotatable bonds is 1. The molecule has 1 heterocycles. The second-order valence-electron chi connectivity index (χ2n) is 5.33. The average molecular weight is 276 g/mol. The summed E-state index contributed by atoms with van der Waals surface area (Å²) in [5, 5.41) is 2.68. The van der Waals surface area contributed by atoms with Crippen molar-refractivity contribution in [2.24, 2.45) is 0 Å². The first-order valence-electron chi connectivity index (χ1n) is 7.12. The van der Waals surface area contributed by atoms with Gasteiger partial charge in [-0.2, -0.15) is 0 Å². The molecule has 3 aromatic rings. The normalized spacial score (nSPS) is 17.9. The molecule has 0 saturated heterocycles. The Morgan fingerprint density at radius 2 is 1.60 bits per heavy atom. The third kappa shape index (κ3) is 2.03. The summed E-state index contributed by atoms with van der Waals surface area (Å²) in [5.41, 5.74) is 2.95. The van der Waals surface area contributed by atoms with E-state index in [4.69, 9.17) is 0 Å². The van der Waals surface area contributed by atoms with Crippen molar-refractivity contribution >= 4 is 22.5 Å². The lowest BCUT2D eigenvalue weighted by Crippen LogP contribution is -2.08. The van der Waals surface area contributed by atoms with Crippen LogP contribution < -0.4 is 0 Å². The van der Waals surface area contributed by atoms with Crippen LogP contribution in [-0.4, -0.2) is 5.75 Å². The van der Waals surface area contributed by atoms with Crippen molar-refractivity contribution in [3.05, 3.63) is 77.9 Å². The molecule has 1 atom stereocenters. The van der Waals surface area contributed by atoms with Gasteiger partial charge in [0, 0.05) is 10.8 Å². The Balaban J connectivity index is 1.84. The minimum absolute atomic E-state index is 0.553. The molecule has 0 fully saturated rings. The van der Waals surface area contributed by atoms with Crippen molar-refractivity contribution in [1.82, 2.24) is 0 Å². The number of hydrogen-bond acceptors (Lipinski definition) is 1. The molecule has 0 bridgehead atoms. The van der Waals surface area contributed by atoms with E-state index >= 15 is 0 Å². The van der Waals surface area contributed by atoms with Gasteiger partial charge in [0.2, 0.25) is 0 Å². The standard InChI is InChI=1S/C19H16S/c1-2-6-15-13-16(10-9-14(15)5-1)17-11-12-20-19-8-4-3-7-18(17)19/h1-10,13,17H,11-12H2. The highest BCUT2D eigenvalue weighted by Crippen LogP contribution is 2.41. The lowest BCUT2D eigenvalue weighted by atomic mass is 9.87. The average Bonchev–Trinajstić information content (AvgIpc) is 2.54. The van der Waals surface area contributed by atoms with Crippen LogP contribution in [0, 0.1) is 0 Å². The minimum atomic E-state index is 0.553. The molecular formula is C19H16S. The first-order chi connectivity index (χ1) is 9.92. The zero-order valence-electron chi connectivity index (χ0n) is 11.3. The predicted octanol–water partition coefficient (Wildman–Crippen LogP) is 5.47.